The number of esters is 1. The first-order valence-electron chi connectivity index (χ1n) is 6.81. The first kappa shape index (κ1) is 15.8. The maximum atomic E-state index is 12.0. The molecule has 1 amide bonds. The number of rotatable bonds is 6. The van der Waals surface area contributed by atoms with E-state index in [0.29, 0.717) is 21.7 Å². The van der Waals surface area contributed by atoms with Crippen LogP contribution in [0.3, 0.4) is 0 Å². The van der Waals surface area contributed by atoms with Gasteiger partial charge in [-0.05, 0) is 59.8 Å². The van der Waals surface area contributed by atoms with E-state index >= 15 is 0 Å². The van der Waals surface area contributed by atoms with Gasteiger partial charge in [-0.3, -0.25) is 4.79 Å². The van der Waals surface area contributed by atoms with Crippen molar-refractivity contribution < 1.29 is 19.1 Å². The number of nitrogens with one attached hydrogen (secondary N) is 1. The maximum Gasteiger partial charge on any atom is 0.339 e. The summed E-state index contributed by atoms with van der Waals surface area (Å²) < 4.78 is 10.7. The van der Waals surface area contributed by atoms with Crippen LogP contribution >= 0.6 is 15.9 Å². The highest BCUT2D eigenvalue weighted by atomic mass is 79.9. The standard InChI is InChI=1S/C15H18BrNO4/c1-9(10-3-4-10)17-14(18)8-21-15(19)12-7-11(20-2)5-6-13(12)16/h5-7,9-10H,3-4,8H2,1-2H3,(H,17,18)/t9-/m0/s1. The Kier molecular flexibility index (Phi) is 5.22. The van der Waals surface area contributed by atoms with Crippen LogP contribution in [-0.4, -0.2) is 31.6 Å². The summed E-state index contributed by atoms with van der Waals surface area (Å²) in [6.07, 6.45) is 2.30. The molecule has 1 aliphatic carbocycles. The number of carbonyl (C=O) groups is 2. The summed E-state index contributed by atoms with van der Waals surface area (Å²) in [5, 5.41) is 2.83. The number of ether oxygens (including phenoxy) is 2. The van der Waals surface area contributed by atoms with Gasteiger partial charge in [-0.15, -0.1) is 0 Å². The third-order valence-corrected chi connectivity index (χ3v) is 4.14. The Morgan fingerprint density at radius 3 is 2.76 bits per heavy atom. The Morgan fingerprint density at radius 2 is 2.14 bits per heavy atom. The molecule has 1 N–H and O–H groups in total. The second-order valence-electron chi connectivity index (χ2n) is 5.12. The lowest BCUT2D eigenvalue weighted by Gasteiger charge is -2.13. The van der Waals surface area contributed by atoms with Crippen LogP contribution < -0.4 is 10.1 Å². The smallest absolute Gasteiger partial charge is 0.339 e. The highest BCUT2D eigenvalue weighted by Crippen LogP contribution is 2.32. The van der Waals surface area contributed by atoms with Gasteiger partial charge in [0.15, 0.2) is 6.61 Å². The fourth-order valence-corrected chi connectivity index (χ4v) is 2.41. The average Bonchev–Trinajstić information content (AvgIpc) is 3.30. The molecule has 1 fully saturated rings. The van der Waals surface area contributed by atoms with E-state index in [9.17, 15) is 9.59 Å². The van der Waals surface area contributed by atoms with E-state index in [0.717, 1.165) is 12.8 Å². The monoisotopic (exact) mass is 355 g/mol. The van der Waals surface area contributed by atoms with E-state index in [1.54, 1.807) is 18.2 Å². The number of hydrogen-bond donors (Lipinski definition) is 1. The van der Waals surface area contributed by atoms with E-state index in [2.05, 4.69) is 21.2 Å². The Labute approximate surface area is 132 Å². The molecule has 1 aromatic carbocycles. The van der Waals surface area contributed by atoms with Crippen LogP contribution in [-0.2, 0) is 9.53 Å². The van der Waals surface area contributed by atoms with Crippen LogP contribution in [0.25, 0.3) is 0 Å². The molecule has 1 aliphatic rings. The molecule has 6 heteroatoms. The lowest BCUT2D eigenvalue weighted by Crippen LogP contribution is -2.37. The Balaban J connectivity index is 1.87. The molecule has 114 valence electrons. The number of methoxy groups -OCH3 is 1. The number of carbonyl (C=O) groups excluding carboxylic acids is 2. The molecule has 0 heterocycles. The van der Waals surface area contributed by atoms with Crippen molar-refractivity contribution in [1.29, 1.82) is 0 Å². The third kappa shape index (κ3) is 4.46. The molecule has 2 rings (SSSR count). The highest BCUT2D eigenvalue weighted by Gasteiger charge is 2.29. The molecule has 1 aromatic rings. The van der Waals surface area contributed by atoms with Crippen LogP contribution in [0.1, 0.15) is 30.1 Å². The summed E-state index contributed by atoms with van der Waals surface area (Å²) in [6, 6.07) is 5.13. The second kappa shape index (κ2) is 6.93. The van der Waals surface area contributed by atoms with Crippen LogP contribution in [0.5, 0.6) is 5.75 Å². The van der Waals surface area contributed by atoms with E-state index in [-0.39, 0.29) is 18.6 Å². The molecule has 0 bridgehead atoms. The van der Waals surface area contributed by atoms with Gasteiger partial charge in [0.05, 0.1) is 12.7 Å². The molecule has 0 unspecified atom stereocenters. The minimum Gasteiger partial charge on any atom is -0.497 e. The first-order chi connectivity index (χ1) is 10.0. The number of halogens is 1. The summed E-state index contributed by atoms with van der Waals surface area (Å²) in [7, 11) is 1.52. The summed E-state index contributed by atoms with van der Waals surface area (Å²) in [5.74, 6) is 0.283. The molecule has 5 nitrogen and oxygen atoms in total. The third-order valence-electron chi connectivity index (χ3n) is 3.45. The second-order valence-corrected chi connectivity index (χ2v) is 5.97. The minimum absolute atomic E-state index is 0.139. The summed E-state index contributed by atoms with van der Waals surface area (Å²) in [5.41, 5.74) is 0.331. The zero-order chi connectivity index (χ0) is 15.4. The molecule has 1 atom stereocenters. The number of amides is 1. The van der Waals surface area contributed by atoms with E-state index in [1.807, 2.05) is 6.92 Å². The summed E-state index contributed by atoms with van der Waals surface area (Å²) in [4.78, 5) is 23.7. The molecular formula is C15H18BrNO4. The fourth-order valence-electron chi connectivity index (χ4n) is 2.01. The van der Waals surface area contributed by atoms with Crippen molar-refractivity contribution in [2.75, 3.05) is 13.7 Å². The van der Waals surface area contributed by atoms with Crippen LogP contribution in [0.15, 0.2) is 22.7 Å². The largest absolute Gasteiger partial charge is 0.497 e. The van der Waals surface area contributed by atoms with Crippen molar-refractivity contribution in [3.05, 3.63) is 28.2 Å². The van der Waals surface area contributed by atoms with Crippen molar-refractivity contribution in [2.24, 2.45) is 5.92 Å². The topological polar surface area (TPSA) is 64.6 Å². The Hall–Kier alpha value is -1.56. The van der Waals surface area contributed by atoms with Gasteiger partial charge < -0.3 is 14.8 Å². The van der Waals surface area contributed by atoms with Gasteiger partial charge in [-0.25, -0.2) is 4.79 Å². The molecule has 21 heavy (non-hydrogen) atoms. The SMILES string of the molecule is COc1ccc(Br)c(C(=O)OCC(=O)N[C@@H](C)C2CC2)c1. The highest BCUT2D eigenvalue weighted by molar-refractivity contribution is 9.10. The average molecular weight is 356 g/mol. The zero-order valence-electron chi connectivity index (χ0n) is 12.0. The fraction of sp³-hybridized carbons (Fsp3) is 0.467. The Morgan fingerprint density at radius 1 is 1.43 bits per heavy atom. The van der Waals surface area contributed by atoms with Crippen molar-refractivity contribution in [2.45, 2.75) is 25.8 Å². The molecule has 0 saturated heterocycles. The number of benzene rings is 1. The minimum atomic E-state index is -0.560. The van der Waals surface area contributed by atoms with Gasteiger partial charge in [-0.1, -0.05) is 0 Å². The van der Waals surface area contributed by atoms with Crippen LogP contribution in [0, 0.1) is 5.92 Å². The molecule has 0 aliphatic heterocycles. The van der Waals surface area contributed by atoms with E-state index < -0.39 is 5.97 Å². The molecule has 0 spiro atoms. The lowest BCUT2D eigenvalue weighted by molar-refractivity contribution is -0.124. The van der Waals surface area contributed by atoms with E-state index in [4.69, 9.17) is 9.47 Å². The predicted octanol–water partition coefficient (Wildman–Crippen LogP) is 2.53. The molecular weight excluding hydrogens is 338 g/mol. The van der Waals surface area contributed by atoms with Crippen molar-refractivity contribution >= 4 is 27.8 Å². The van der Waals surface area contributed by atoms with Gasteiger partial charge in [0.2, 0.25) is 0 Å². The maximum absolute atomic E-state index is 12.0. The lowest BCUT2D eigenvalue weighted by atomic mass is 10.2. The summed E-state index contributed by atoms with van der Waals surface area (Å²) >= 11 is 3.28. The number of hydrogen-bond acceptors (Lipinski definition) is 4. The van der Waals surface area contributed by atoms with Crippen LogP contribution in [0.2, 0.25) is 0 Å². The quantitative estimate of drug-likeness (QED) is 0.796. The van der Waals surface area contributed by atoms with Crippen molar-refractivity contribution in [3.8, 4) is 5.75 Å². The van der Waals surface area contributed by atoms with Gasteiger partial charge in [0.1, 0.15) is 5.75 Å². The van der Waals surface area contributed by atoms with Gasteiger partial charge in [0.25, 0.3) is 5.91 Å². The van der Waals surface area contributed by atoms with Gasteiger partial charge >= 0.3 is 5.97 Å². The summed E-state index contributed by atoms with van der Waals surface area (Å²) in [6.45, 7) is 1.69. The molecule has 0 radical (unpaired) electrons. The normalized spacial score (nSPS) is 15.2. The van der Waals surface area contributed by atoms with Gasteiger partial charge in [0, 0.05) is 10.5 Å². The van der Waals surface area contributed by atoms with Crippen molar-refractivity contribution in [1.82, 2.24) is 5.32 Å². The van der Waals surface area contributed by atoms with E-state index in [1.165, 1.54) is 7.11 Å². The van der Waals surface area contributed by atoms with Crippen molar-refractivity contribution in [3.63, 3.8) is 0 Å². The predicted molar refractivity (Wildman–Crippen MR) is 81.3 cm³/mol. The first-order valence-corrected chi connectivity index (χ1v) is 7.60. The molecule has 0 aromatic heterocycles. The Bertz CT molecular complexity index is 542. The zero-order valence-corrected chi connectivity index (χ0v) is 13.6. The van der Waals surface area contributed by atoms with Crippen LogP contribution in [0.4, 0.5) is 0 Å². The van der Waals surface area contributed by atoms with Gasteiger partial charge in [-0.2, -0.15) is 0 Å². The molecule has 1 saturated carbocycles.